The number of aliphatic hydroxyl groups excluding tert-OH is 1. The summed E-state index contributed by atoms with van der Waals surface area (Å²) in [4.78, 5) is 53.2. The van der Waals surface area contributed by atoms with Crippen molar-refractivity contribution in [1.82, 2.24) is 26.3 Å². The first kappa shape index (κ1) is 50.8. The minimum atomic E-state index is -1.01. The molecule has 11 nitrogen and oxygen atoms in total. The van der Waals surface area contributed by atoms with Crippen LogP contribution in [0.4, 0.5) is 0 Å². The Bertz CT molecular complexity index is 1010. The Balaban J connectivity index is 0. The summed E-state index contributed by atoms with van der Waals surface area (Å²) in [5.41, 5.74) is 1.02. The zero-order valence-corrected chi connectivity index (χ0v) is 35.7. The number of hydrogen-bond donors (Lipinski definition) is 5. The fraction of sp³-hybridized carbons (Fsp3) is 0.872. The second-order valence-electron chi connectivity index (χ2n) is 14.5. The van der Waals surface area contributed by atoms with Crippen molar-refractivity contribution in [2.75, 3.05) is 31.1 Å². The number of aliphatic hydroxyl groups is 1. The monoisotopic (exact) mass is 743 g/mol. The van der Waals surface area contributed by atoms with Crippen LogP contribution in [0.15, 0.2) is 5.10 Å². The maximum absolute atomic E-state index is 13.7. The van der Waals surface area contributed by atoms with Crippen molar-refractivity contribution in [3.05, 3.63) is 0 Å². The quantitative estimate of drug-likeness (QED) is 0.0415. The Morgan fingerprint density at radius 3 is 1.92 bits per heavy atom. The average Bonchev–Trinajstić information content (AvgIpc) is 3.08. The summed E-state index contributed by atoms with van der Waals surface area (Å²) in [7, 11) is 0. The van der Waals surface area contributed by atoms with E-state index in [9.17, 15) is 24.3 Å². The highest BCUT2D eigenvalue weighted by Crippen LogP contribution is 2.17. The zero-order valence-electron chi connectivity index (χ0n) is 34.9. The van der Waals surface area contributed by atoms with Gasteiger partial charge in [0.25, 0.3) is 0 Å². The van der Waals surface area contributed by atoms with Gasteiger partial charge in [-0.15, -0.1) is 0 Å². The zero-order chi connectivity index (χ0) is 39.7. The molecule has 5 N–H and O–H groups in total. The van der Waals surface area contributed by atoms with Crippen molar-refractivity contribution < 1.29 is 24.3 Å². The van der Waals surface area contributed by atoms with E-state index in [2.05, 4.69) is 54.1 Å². The molecule has 4 amide bonds. The normalized spacial score (nSPS) is 15.7. The molecule has 0 radical (unpaired) electrons. The summed E-state index contributed by atoms with van der Waals surface area (Å²) < 4.78 is 0. The lowest BCUT2D eigenvalue weighted by atomic mass is 9.91. The van der Waals surface area contributed by atoms with Crippen LogP contribution < -0.4 is 21.3 Å². The van der Waals surface area contributed by atoms with Gasteiger partial charge in [-0.25, -0.2) is 0 Å². The van der Waals surface area contributed by atoms with Crippen LogP contribution in [0.25, 0.3) is 0 Å². The highest BCUT2D eigenvalue weighted by atomic mass is 32.2. The van der Waals surface area contributed by atoms with Crippen molar-refractivity contribution in [2.24, 2.45) is 34.7 Å². The number of amides is 4. The summed E-state index contributed by atoms with van der Waals surface area (Å²) in [5, 5.41) is 29.8. The second-order valence-corrected chi connectivity index (χ2v) is 15.9. The molecule has 0 aromatic heterocycles. The summed E-state index contributed by atoms with van der Waals surface area (Å²) >= 11 is 1.70. The molecule has 0 aromatic carbocycles. The van der Waals surface area contributed by atoms with E-state index in [1.165, 1.54) is 0 Å². The third-order valence-electron chi connectivity index (χ3n) is 8.74. The highest BCUT2D eigenvalue weighted by molar-refractivity contribution is 7.99. The van der Waals surface area contributed by atoms with Crippen molar-refractivity contribution in [3.8, 4) is 0 Å². The number of hydrazone groups is 1. The molecule has 0 rings (SSSR count). The molecule has 0 fully saturated rings. The summed E-state index contributed by atoms with van der Waals surface area (Å²) in [6, 6.07) is -2.08. The molecule has 0 spiro atoms. The van der Waals surface area contributed by atoms with E-state index < -0.39 is 36.1 Å². The number of carbonyl (C=O) groups excluding carboxylic acids is 4. The Morgan fingerprint density at radius 2 is 1.41 bits per heavy atom. The van der Waals surface area contributed by atoms with Gasteiger partial charge in [0.2, 0.25) is 23.6 Å². The lowest BCUT2D eigenvalue weighted by Crippen LogP contribution is -2.55. The summed E-state index contributed by atoms with van der Waals surface area (Å²) in [6.45, 7) is 29.3. The predicted octanol–water partition coefficient (Wildman–Crippen LogP) is 6.00. The van der Waals surface area contributed by atoms with E-state index in [-0.39, 0.29) is 41.9 Å². The van der Waals surface area contributed by atoms with Crippen molar-refractivity contribution in [2.45, 2.75) is 160 Å². The fourth-order valence-corrected chi connectivity index (χ4v) is 6.01. The van der Waals surface area contributed by atoms with Gasteiger partial charge in [0.05, 0.1) is 18.1 Å². The number of hydrogen-bond acceptors (Lipinski definition) is 8. The summed E-state index contributed by atoms with van der Waals surface area (Å²) in [5.74, 6) is -0.136. The van der Waals surface area contributed by atoms with Crippen LogP contribution in [0.1, 0.15) is 135 Å². The van der Waals surface area contributed by atoms with Gasteiger partial charge in [0.1, 0.15) is 12.1 Å². The SMILES string of the molecule is CC.CCC/C(C)=N/N(CC)C[C@H](C)C(=O)N[C@@H](CCSCC)C(=O)N[C@@H](CC(C)C)[C@@H](O)C[C@@H](C)C(=O)N[C@H](C(=O)NCC(C)CC)C(C)C. The van der Waals surface area contributed by atoms with Crippen molar-refractivity contribution >= 4 is 41.1 Å². The molecule has 0 aliphatic rings. The molecule has 7 atom stereocenters. The minimum absolute atomic E-state index is 0.105. The summed E-state index contributed by atoms with van der Waals surface area (Å²) in [6.07, 6.45) is 2.89. The first-order chi connectivity index (χ1) is 24.0. The predicted molar refractivity (Wildman–Crippen MR) is 216 cm³/mol. The fourth-order valence-electron chi connectivity index (χ4n) is 5.32. The van der Waals surface area contributed by atoms with Crippen LogP contribution in [0, 0.1) is 29.6 Å². The van der Waals surface area contributed by atoms with Crippen molar-refractivity contribution in [1.29, 1.82) is 0 Å². The van der Waals surface area contributed by atoms with Gasteiger partial charge in [-0.3, -0.25) is 24.2 Å². The number of nitrogens with one attached hydrogen (secondary N) is 4. The van der Waals surface area contributed by atoms with Crippen LogP contribution >= 0.6 is 11.8 Å². The van der Waals surface area contributed by atoms with E-state index in [0.717, 1.165) is 30.7 Å². The number of rotatable bonds is 26. The van der Waals surface area contributed by atoms with Gasteiger partial charge in [0, 0.05) is 31.3 Å². The third-order valence-corrected chi connectivity index (χ3v) is 9.67. The van der Waals surface area contributed by atoms with E-state index in [1.807, 2.05) is 67.3 Å². The lowest BCUT2D eigenvalue weighted by Gasteiger charge is -2.30. The molecule has 0 aromatic rings. The third kappa shape index (κ3) is 22.4. The number of nitrogens with zero attached hydrogens (tertiary/aromatic N) is 2. The van der Waals surface area contributed by atoms with E-state index >= 15 is 0 Å². The first-order valence-electron chi connectivity index (χ1n) is 19.7. The van der Waals surface area contributed by atoms with Gasteiger partial charge in [0.15, 0.2) is 0 Å². The lowest BCUT2D eigenvalue weighted by molar-refractivity contribution is -0.133. The van der Waals surface area contributed by atoms with Crippen LogP contribution in [0.5, 0.6) is 0 Å². The van der Waals surface area contributed by atoms with Gasteiger partial charge in [-0.05, 0) is 68.8 Å². The van der Waals surface area contributed by atoms with Gasteiger partial charge in [-0.2, -0.15) is 16.9 Å². The van der Waals surface area contributed by atoms with E-state index in [4.69, 9.17) is 0 Å². The van der Waals surface area contributed by atoms with Crippen molar-refractivity contribution in [3.63, 3.8) is 0 Å². The molecule has 0 saturated heterocycles. The van der Waals surface area contributed by atoms with Gasteiger partial charge in [-0.1, -0.05) is 95.9 Å². The van der Waals surface area contributed by atoms with Gasteiger partial charge >= 0.3 is 0 Å². The molecule has 0 saturated carbocycles. The van der Waals surface area contributed by atoms with Crippen LogP contribution in [0.2, 0.25) is 0 Å². The molecular formula is C39H78N6O5S. The molecule has 300 valence electrons. The topological polar surface area (TPSA) is 152 Å². The molecule has 0 aliphatic heterocycles. The Morgan fingerprint density at radius 1 is 0.804 bits per heavy atom. The molecule has 0 aliphatic carbocycles. The Hall–Kier alpha value is -2.34. The second kappa shape index (κ2) is 29.2. The molecule has 0 bridgehead atoms. The Labute approximate surface area is 316 Å². The Kier molecular flexibility index (Phi) is 29.0. The largest absolute Gasteiger partial charge is 0.391 e. The number of carbonyl (C=O) groups is 4. The molecule has 0 heterocycles. The van der Waals surface area contributed by atoms with Crippen LogP contribution in [-0.4, -0.2) is 94.8 Å². The maximum atomic E-state index is 13.7. The molecular weight excluding hydrogens is 665 g/mol. The molecule has 12 heteroatoms. The van der Waals surface area contributed by atoms with Crippen LogP contribution in [0.3, 0.4) is 0 Å². The van der Waals surface area contributed by atoms with Gasteiger partial charge < -0.3 is 26.4 Å². The maximum Gasteiger partial charge on any atom is 0.242 e. The minimum Gasteiger partial charge on any atom is -0.391 e. The smallest absolute Gasteiger partial charge is 0.242 e. The average molecular weight is 743 g/mol. The molecule has 1 unspecified atom stereocenters. The highest BCUT2D eigenvalue weighted by Gasteiger charge is 2.32. The van der Waals surface area contributed by atoms with Crippen LogP contribution in [-0.2, 0) is 19.2 Å². The first-order valence-corrected chi connectivity index (χ1v) is 20.9. The van der Waals surface area contributed by atoms with E-state index in [0.29, 0.717) is 44.1 Å². The van der Waals surface area contributed by atoms with E-state index in [1.54, 1.807) is 18.7 Å². The molecule has 51 heavy (non-hydrogen) atoms. The number of thioether (sulfide) groups is 1. The standard InChI is InChI=1S/C37H72N6O5S.C2H6/c1-13-17-29(12)42-43(15-3)23-28(11)35(46)39-30(18-19-49-16-4)36(47)40-31(20-24(5)6)32(44)21-27(10)34(45)41-33(25(7)8)37(48)38-22-26(9)14-2;1-2/h24-28,30-33,44H,13-23H2,1-12H3,(H,38,48)(H,39,46)(H,40,47)(H,41,45);1-2H3/b42-29+;/t26?,27-,28+,30+,31+,32+,33+;/m1./s1.